The summed E-state index contributed by atoms with van der Waals surface area (Å²) in [6.45, 7) is 1.82. The molecule has 0 heterocycles. The molecular weight excluding hydrogens is 244 g/mol. The molecule has 2 nitrogen and oxygen atoms in total. The van der Waals surface area contributed by atoms with Gasteiger partial charge in [-0.25, -0.2) is 0 Å². The fourth-order valence-corrected chi connectivity index (χ4v) is 2.33. The predicted octanol–water partition coefficient (Wildman–Crippen LogP) is 3.82. The zero-order chi connectivity index (χ0) is 14.0. The summed E-state index contributed by atoms with van der Waals surface area (Å²) in [4.78, 5) is 0. The molecule has 2 heteroatoms. The van der Waals surface area contributed by atoms with E-state index in [4.69, 9.17) is 5.73 Å². The number of hydrogen-bond donors (Lipinski definition) is 2. The highest BCUT2D eigenvalue weighted by Crippen LogP contribution is 2.19. The molecule has 0 saturated heterocycles. The third kappa shape index (κ3) is 4.71. The Hall–Kier alpha value is -1.80. The van der Waals surface area contributed by atoms with Crippen LogP contribution >= 0.6 is 0 Å². The van der Waals surface area contributed by atoms with Crippen molar-refractivity contribution in [3.8, 4) is 0 Å². The molecule has 20 heavy (non-hydrogen) atoms. The minimum atomic E-state index is 0.796. The van der Waals surface area contributed by atoms with E-state index in [-0.39, 0.29) is 0 Å². The van der Waals surface area contributed by atoms with Gasteiger partial charge in [-0.05, 0) is 43.0 Å². The van der Waals surface area contributed by atoms with Crippen LogP contribution in [0.3, 0.4) is 0 Å². The molecule has 0 fully saturated rings. The normalized spacial score (nSPS) is 10.4. The van der Waals surface area contributed by atoms with Crippen molar-refractivity contribution in [3.05, 3.63) is 65.7 Å². The van der Waals surface area contributed by atoms with Gasteiger partial charge in [0, 0.05) is 12.2 Å². The van der Waals surface area contributed by atoms with Crippen LogP contribution < -0.4 is 11.1 Å². The molecule has 0 radical (unpaired) electrons. The Morgan fingerprint density at radius 3 is 2.35 bits per heavy atom. The van der Waals surface area contributed by atoms with Crippen LogP contribution in [-0.4, -0.2) is 13.1 Å². The van der Waals surface area contributed by atoms with Gasteiger partial charge in [0.15, 0.2) is 0 Å². The highest BCUT2D eigenvalue weighted by Gasteiger charge is 2.02. The molecule has 0 spiro atoms. The first-order valence-corrected chi connectivity index (χ1v) is 7.46. The molecule has 0 aromatic heterocycles. The smallest absolute Gasteiger partial charge is 0.0376 e. The Morgan fingerprint density at radius 2 is 1.55 bits per heavy atom. The van der Waals surface area contributed by atoms with Crippen LogP contribution in [0.1, 0.15) is 30.4 Å². The molecule has 0 bridgehead atoms. The predicted molar refractivity (Wildman–Crippen MR) is 87.1 cm³/mol. The van der Waals surface area contributed by atoms with Crippen molar-refractivity contribution < 1.29 is 0 Å². The van der Waals surface area contributed by atoms with Crippen molar-refractivity contribution in [3.63, 3.8) is 0 Å². The zero-order valence-electron chi connectivity index (χ0n) is 12.0. The fraction of sp³-hybridized carbons (Fsp3) is 0.333. The van der Waals surface area contributed by atoms with Crippen LogP contribution in [0.4, 0.5) is 5.69 Å². The van der Waals surface area contributed by atoms with Crippen molar-refractivity contribution in [2.24, 2.45) is 5.73 Å². The molecular formula is C18H24N2. The topological polar surface area (TPSA) is 38.0 Å². The number of rotatable bonds is 8. The molecule has 0 aliphatic heterocycles. The van der Waals surface area contributed by atoms with E-state index in [1.165, 1.54) is 29.7 Å². The monoisotopic (exact) mass is 268 g/mol. The summed E-state index contributed by atoms with van der Waals surface area (Å²) in [5, 5.41) is 3.55. The maximum Gasteiger partial charge on any atom is 0.0376 e. The number of nitrogens with one attached hydrogen (secondary N) is 1. The van der Waals surface area contributed by atoms with Crippen molar-refractivity contribution in [2.45, 2.75) is 25.7 Å². The van der Waals surface area contributed by atoms with Gasteiger partial charge in [-0.2, -0.15) is 0 Å². The third-order valence-corrected chi connectivity index (χ3v) is 3.45. The minimum Gasteiger partial charge on any atom is -0.385 e. The summed E-state index contributed by atoms with van der Waals surface area (Å²) < 4.78 is 0. The summed E-state index contributed by atoms with van der Waals surface area (Å²) in [6, 6.07) is 19.2. The maximum atomic E-state index is 5.51. The second-order valence-electron chi connectivity index (χ2n) is 5.10. The lowest BCUT2D eigenvalue weighted by atomic mass is 10.0. The van der Waals surface area contributed by atoms with Gasteiger partial charge >= 0.3 is 0 Å². The van der Waals surface area contributed by atoms with Crippen LogP contribution in [0.5, 0.6) is 0 Å². The van der Waals surface area contributed by atoms with Crippen LogP contribution in [-0.2, 0) is 6.42 Å². The molecule has 0 saturated carbocycles. The largest absolute Gasteiger partial charge is 0.385 e. The SMILES string of the molecule is NCCCCCNc1ccccc1Cc1ccccc1. The summed E-state index contributed by atoms with van der Waals surface area (Å²) in [5.41, 5.74) is 9.48. The molecule has 0 aliphatic rings. The summed E-state index contributed by atoms with van der Waals surface area (Å²) in [7, 11) is 0. The van der Waals surface area contributed by atoms with Gasteiger partial charge in [0.05, 0.1) is 0 Å². The van der Waals surface area contributed by atoms with E-state index in [0.717, 1.165) is 25.9 Å². The molecule has 0 amide bonds. The lowest BCUT2D eigenvalue weighted by Gasteiger charge is -2.12. The lowest BCUT2D eigenvalue weighted by molar-refractivity contribution is 0.707. The van der Waals surface area contributed by atoms with Crippen LogP contribution in [0.25, 0.3) is 0 Å². The molecule has 0 unspecified atom stereocenters. The third-order valence-electron chi connectivity index (χ3n) is 3.45. The number of unbranched alkanes of at least 4 members (excludes halogenated alkanes) is 2. The molecule has 106 valence electrons. The minimum absolute atomic E-state index is 0.796. The molecule has 0 atom stereocenters. The van der Waals surface area contributed by atoms with E-state index in [2.05, 4.69) is 59.9 Å². The molecule has 0 aliphatic carbocycles. The van der Waals surface area contributed by atoms with Crippen molar-refractivity contribution >= 4 is 5.69 Å². The Morgan fingerprint density at radius 1 is 0.800 bits per heavy atom. The number of para-hydroxylation sites is 1. The second-order valence-corrected chi connectivity index (χ2v) is 5.10. The Bertz CT molecular complexity index is 494. The molecule has 2 aromatic rings. The van der Waals surface area contributed by atoms with Gasteiger partial charge < -0.3 is 11.1 Å². The highest BCUT2D eigenvalue weighted by molar-refractivity contribution is 5.52. The van der Waals surface area contributed by atoms with E-state index >= 15 is 0 Å². The maximum absolute atomic E-state index is 5.51. The van der Waals surface area contributed by atoms with Gasteiger partial charge in [-0.1, -0.05) is 55.0 Å². The Balaban J connectivity index is 1.92. The average molecular weight is 268 g/mol. The van der Waals surface area contributed by atoms with Gasteiger partial charge in [-0.15, -0.1) is 0 Å². The number of benzene rings is 2. The van der Waals surface area contributed by atoms with Crippen molar-refractivity contribution in [2.75, 3.05) is 18.4 Å². The number of anilines is 1. The van der Waals surface area contributed by atoms with Gasteiger partial charge in [0.25, 0.3) is 0 Å². The molecule has 2 aromatic carbocycles. The first-order chi connectivity index (χ1) is 9.90. The van der Waals surface area contributed by atoms with Gasteiger partial charge in [-0.3, -0.25) is 0 Å². The molecule has 2 rings (SSSR count). The Kier molecular flexibility index (Phi) is 6.12. The fourth-order valence-electron chi connectivity index (χ4n) is 2.33. The van der Waals surface area contributed by atoms with E-state index < -0.39 is 0 Å². The van der Waals surface area contributed by atoms with Crippen molar-refractivity contribution in [1.29, 1.82) is 0 Å². The van der Waals surface area contributed by atoms with Crippen molar-refractivity contribution in [1.82, 2.24) is 0 Å². The summed E-state index contributed by atoms with van der Waals surface area (Å²) in [5.74, 6) is 0. The second kappa shape index (κ2) is 8.39. The first kappa shape index (κ1) is 14.6. The van der Waals surface area contributed by atoms with Gasteiger partial charge in [0.2, 0.25) is 0 Å². The zero-order valence-corrected chi connectivity index (χ0v) is 12.0. The Labute approximate surface area is 122 Å². The highest BCUT2D eigenvalue weighted by atomic mass is 14.9. The van der Waals surface area contributed by atoms with E-state index in [1.54, 1.807) is 0 Å². The van der Waals surface area contributed by atoms with Gasteiger partial charge in [0.1, 0.15) is 0 Å². The standard InChI is InChI=1S/C18H24N2/c19-13-7-2-8-14-20-18-12-6-5-11-17(18)15-16-9-3-1-4-10-16/h1,3-6,9-12,20H,2,7-8,13-15,19H2. The lowest BCUT2D eigenvalue weighted by Crippen LogP contribution is -2.06. The quantitative estimate of drug-likeness (QED) is 0.714. The van der Waals surface area contributed by atoms with Crippen LogP contribution in [0.15, 0.2) is 54.6 Å². The van der Waals surface area contributed by atoms with Crippen LogP contribution in [0, 0.1) is 0 Å². The molecule has 3 N–H and O–H groups in total. The first-order valence-electron chi connectivity index (χ1n) is 7.46. The average Bonchev–Trinajstić information content (AvgIpc) is 2.50. The number of hydrogen-bond acceptors (Lipinski definition) is 2. The summed E-state index contributed by atoms with van der Waals surface area (Å²) in [6.07, 6.45) is 4.47. The summed E-state index contributed by atoms with van der Waals surface area (Å²) >= 11 is 0. The van der Waals surface area contributed by atoms with E-state index in [1.807, 2.05) is 0 Å². The van der Waals surface area contributed by atoms with E-state index in [9.17, 15) is 0 Å². The number of nitrogens with two attached hydrogens (primary N) is 1. The van der Waals surface area contributed by atoms with E-state index in [0.29, 0.717) is 0 Å². The van der Waals surface area contributed by atoms with Crippen LogP contribution in [0.2, 0.25) is 0 Å².